The number of aromatic nitrogens is 1. The zero-order valence-electron chi connectivity index (χ0n) is 12.1. The molecular formula is C14H23N3O2S. The third kappa shape index (κ3) is 4.18. The van der Waals surface area contributed by atoms with Gasteiger partial charge in [0.05, 0.1) is 6.04 Å². The third-order valence-electron chi connectivity index (χ3n) is 3.41. The molecule has 20 heavy (non-hydrogen) atoms. The molecular weight excluding hydrogens is 274 g/mol. The Labute approximate surface area is 124 Å². The zero-order valence-corrected chi connectivity index (χ0v) is 12.9. The van der Waals surface area contributed by atoms with Crippen LogP contribution in [-0.2, 0) is 0 Å². The number of thiazole rings is 1. The van der Waals surface area contributed by atoms with E-state index in [1.807, 2.05) is 24.9 Å². The summed E-state index contributed by atoms with van der Waals surface area (Å²) in [5, 5.41) is 12.8. The van der Waals surface area contributed by atoms with E-state index in [-0.39, 0.29) is 18.7 Å². The van der Waals surface area contributed by atoms with Crippen molar-refractivity contribution in [3.05, 3.63) is 16.1 Å². The molecule has 2 amide bonds. The van der Waals surface area contributed by atoms with Crippen LogP contribution in [0.1, 0.15) is 48.5 Å². The van der Waals surface area contributed by atoms with Crippen molar-refractivity contribution < 1.29 is 9.90 Å². The maximum atomic E-state index is 12.3. The fraction of sp³-hybridized carbons (Fsp3) is 0.714. The molecule has 1 aliphatic rings. The third-order valence-corrected chi connectivity index (χ3v) is 4.50. The number of aliphatic hydroxyl groups excluding tert-OH is 1. The standard InChI is InChI=1S/C14H23N3O2S/c1-10-9-15-13(20-10)11(2)16-14(19)17(12-5-6-12)7-3-4-8-18/h9,11-12,18H,3-8H2,1-2H3,(H,16,19). The van der Waals surface area contributed by atoms with Crippen molar-refractivity contribution in [2.24, 2.45) is 0 Å². The first-order chi connectivity index (χ1) is 9.61. The molecule has 1 fully saturated rings. The van der Waals surface area contributed by atoms with Gasteiger partial charge in [-0.3, -0.25) is 0 Å². The topological polar surface area (TPSA) is 65.5 Å². The molecule has 2 rings (SSSR count). The smallest absolute Gasteiger partial charge is 0.318 e. The zero-order chi connectivity index (χ0) is 14.5. The van der Waals surface area contributed by atoms with E-state index in [4.69, 9.17) is 5.11 Å². The predicted octanol–water partition coefficient (Wildman–Crippen LogP) is 2.46. The molecule has 1 atom stereocenters. The van der Waals surface area contributed by atoms with Crippen molar-refractivity contribution in [1.82, 2.24) is 15.2 Å². The molecule has 6 heteroatoms. The average molecular weight is 297 g/mol. The van der Waals surface area contributed by atoms with Crippen molar-refractivity contribution >= 4 is 17.4 Å². The van der Waals surface area contributed by atoms with Gasteiger partial charge < -0.3 is 15.3 Å². The maximum Gasteiger partial charge on any atom is 0.318 e. The Morgan fingerprint density at radius 2 is 2.35 bits per heavy atom. The molecule has 0 radical (unpaired) electrons. The molecule has 112 valence electrons. The molecule has 1 aliphatic carbocycles. The summed E-state index contributed by atoms with van der Waals surface area (Å²) in [5.74, 6) is 0. The van der Waals surface area contributed by atoms with E-state index >= 15 is 0 Å². The molecule has 0 bridgehead atoms. The van der Waals surface area contributed by atoms with Gasteiger partial charge >= 0.3 is 6.03 Å². The van der Waals surface area contributed by atoms with E-state index in [2.05, 4.69) is 10.3 Å². The number of aryl methyl sites for hydroxylation is 1. The molecule has 1 unspecified atom stereocenters. The van der Waals surface area contributed by atoms with Gasteiger partial charge in [0.25, 0.3) is 0 Å². The summed E-state index contributed by atoms with van der Waals surface area (Å²) in [4.78, 5) is 19.7. The SMILES string of the molecule is Cc1cnc(C(C)NC(=O)N(CCCCO)C2CC2)s1. The van der Waals surface area contributed by atoms with E-state index in [0.29, 0.717) is 6.04 Å². The minimum absolute atomic E-state index is 0.00853. The summed E-state index contributed by atoms with van der Waals surface area (Å²) in [7, 11) is 0. The van der Waals surface area contributed by atoms with E-state index in [9.17, 15) is 4.79 Å². The number of rotatable bonds is 7. The van der Waals surface area contributed by atoms with Gasteiger partial charge in [0, 0.05) is 30.3 Å². The van der Waals surface area contributed by atoms with Crippen LogP contribution in [0.5, 0.6) is 0 Å². The average Bonchev–Trinajstić information content (AvgIpc) is 3.15. The maximum absolute atomic E-state index is 12.3. The first-order valence-corrected chi connectivity index (χ1v) is 8.03. The molecule has 0 aliphatic heterocycles. The quantitative estimate of drug-likeness (QED) is 0.760. The van der Waals surface area contributed by atoms with Crippen molar-refractivity contribution in [3.8, 4) is 0 Å². The summed E-state index contributed by atoms with van der Waals surface area (Å²) in [6.07, 6.45) is 5.63. The van der Waals surface area contributed by atoms with Gasteiger partial charge in [0.15, 0.2) is 0 Å². The van der Waals surface area contributed by atoms with Gasteiger partial charge in [-0.15, -0.1) is 11.3 Å². The highest BCUT2D eigenvalue weighted by molar-refractivity contribution is 7.11. The van der Waals surface area contributed by atoms with Gasteiger partial charge in [-0.2, -0.15) is 0 Å². The van der Waals surface area contributed by atoms with Crippen molar-refractivity contribution in [2.75, 3.05) is 13.2 Å². The lowest BCUT2D eigenvalue weighted by Gasteiger charge is -2.24. The number of amides is 2. The number of unbranched alkanes of at least 4 members (excludes halogenated alkanes) is 1. The number of aliphatic hydroxyl groups is 1. The monoisotopic (exact) mass is 297 g/mol. The minimum Gasteiger partial charge on any atom is -0.396 e. The second-order valence-electron chi connectivity index (χ2n) is 5.34. The van der Waals surface area contributed by atoms with Crippen LogP contribution in [0.25, 0.3) is 0 Å². The van der Waals surface area contributed by atoms with Gasteiger partial charge in [0.1, 0.15) is 5.01 Å². The summed E-state index contributed by atoms with van der Waals surface area (Å²) < 4.78 is 0. The Morgan fingerprint density at radius 1 is 1.60 bits per heavy atom. The van der Waals surface area contributed by atoms with Gasteiger partial charge in [0.2, 0.25) is 0 Å². The summed E-state index contributed by atoms with van der Waals surface area (Å²) in [6.45, 7) is 4.89. The van der Waals surface area contributed by atoms with Crippen LogP contribution in [0, 0.1) is 6.92 Å². The molecule has 1 aromatic heterocycles. The summed E-state index contributed by atoms with van der Waals surface area (Å²) in [6, 6.07) is 0.324. The summed E-state index contributed by atoms with van der Waals surface area (Å²) in [5.41, 5.74) is 0. The van der Waals surface area contributed by atoms with Crippen LogP contribution < -0.4 is 5.32 Å². The number of urea groups is 1. The van der Waals surface area contributed by atoms with Crippen LogP contribution in [-0.4, -0.2) is 40.2 Å². The number of hydrogen-bond acceptors (Lipinski definition) is 4. The molecule has 1 saturated carbocycles. The Kier molecular flexibility index (Phi) is 5.37. The first-order valence-electron chi connectivity index (χ1n) is 7.22. The van der Waals surface area contributed by atoms with Gasteiger partial charge in [-0.05, 0) is 39.5 Å². The lowest BCUT2D eigenvalue weighted by atomic mass is 10.3. The van der Waals surface area contributed by atoms with Crippen LogP contribution in [0.15, 0.2) is 6.20 Å². The predicted molar refractivity (Wildman–Crippen MR) is 79.8 cm³/mol. The highest BCUT2D eigenvalue weighted by atomic mass is 32.1. The Morgan fingerprint density at radius 3 is 2.90 bits per heavy atom. The highest BCUT2D eigenvalue weighted by Gasteiger charge is 2.32. The van der Waals surface area contributed by atoms with E-state index in [1.54, 1.807) is 11.3 Å². The molecule has 2 N–H and O–H groups in total. The molecule has 1 aromatic rings. The van der Waals surface area contributed by atoms with Crippen LogP contribution in [0.3, 0.4) is 0 Å². The Balaban J connectivity index is 1.87. The molecule has 5 nitrogen and oxygen atoms in total. The fourth-order valence-electron chi connectivity index (χ4n) is 2.13. The minimum atomic E-state index is -0.0553. The van der Waals surface area contributed by atoms with E-state index in [0.717, 1.165) is 42.1 Å². The highest BCUT2D eigenvalue weighted by Crippen LogP contribution is 2.28. The second-order valence-corrected chi connectivity index (χ2v) is 6.60. The fourth-order valence-corrected chi connectivity index (χ4v) is 2.91. The lowest BCUT2D eigenvalue weighted by Crippen LogP contribution is -2.42. The van der Waals surface area contributed by atoms with Crippen LogP contribution >= 0.6 is 11.3 Å². The largest absolute Gasteiger partial charge is 0.396 e. The molecule has 0 aromatic carbocycles. The summed E-state index contributed by atoms with van der Waals surface area (Å²) >= 11 is 1.62. The molecule has 0 saturated heterocycles. The van der Waals surface area contributed by atoms with E-state index < -0.39 is 0 Å². The van der Waals surface area contributed by atoms with Crippen LogP contribution in [0.2, 0.25) is 0 Å². The number of nitrogens with one attached hydrogen (secondary N) is 1. The van der Waals surface area contributed by atoms with Crippen molar-refractivity contribution in [3.63, 3.8) is 0 Å². The van der Waals surface area contributed by atoms with Crippen LogP contribution in [0.4, 0.5) is 4.79 Å². The van der Waals surface area contributed by atoms with Crippen molar-refractivity contribution in [2.45, 2.75) is 51.6 Å². The molecule has 1 heterocycles. The first kappa shape index (κ1) is 15.3. The number of hydrogen-bond donors (Lipinski definition) is 2. The van der Waals surface area contributed by atoms with Crippen molar-refractivity contribution in [1.29, 1.82) is 0 Å². The molecule has 0 spiro atoms. The van der Waals surface area contributed by atoms with Gasteiger partial charge in [-0.1, -0.05) is 0 Å². The number of carbonyl (C=O) groups is 1. The normalized spacial score (nSPS) is 15.9. The Bertz CT molecular complexity index is 445. The van der Waals surface area contributed by atoms with Gasteiger partial charge in [-0.25, -0.2) is 9.78 Å². The van der Waals surface area contributed by atoms with E-state index in [1.165, 1.54) is 0 Å². The second kappa shape index (κ2) is 7.04. The number of carbonyl (C=O) groups excluding carboxylic acids is 1. The lowest BCUT2D eigenvalue weighted by molar-refractivity contribution is 0.187. The number of nitrogens with zero attached hydrogens (tertiary/aromatic N) is 2. The Hall–Kier alpha value is -1.14.